The second kappa shape index (κ2) is 7.05. The van der Waals surface area contributed by atoms with E-state index in [4.69, 9.17) is 4.42 Å². The minimum atomic E-state index is 0.640. The maximum absolute atomic E-state index is 5.33. The number of hydrogen-bond acceptors (Lipinski definition) is 5. The molecule has 0 saturated carbocycles. The smallest absolute Gasteiger partial charge is 0.151 e. The molecule has 2 rings (SSSR count). The molecule has 108 valence electrons. The van der Waals surface area contributed by atoms with Gasteiger partial charge in [0.2, 0.25) is 0 Å². The van der Waals surface area contributed by atoms with Crippen LogP contribution < -0.4 is 10.2 Å². The van der Waals surface area contributed by atoms with Crippen molar-refractivity contribution in [3.8, 4) is 0 Å². The van der Waals surface area contributed by atoms with Gasteiger partial charge in [0.15, 0.2) is 5.82 Å². The lowest BCUT2D eigenvalue weighted by atomic mass is 10.2. The van der Waals surface area contributed by atoms with Gasteiger partial charge in [0.05, 0.1) is 18.5 Å². The number of anilines is 1. The lowest BCUT2D eigenvalue weighted by molar-refractivity contribution is 0.506. The molecular weight excluding hydrogens is 252 g/mol. The van der Waals surface area contributed by atoms with Gasteiger partial charge in [-0.2, -0.15) is 5.10 Å². The molecule has 5 nitrogen and oxygen atoms in total. The maximum Gasteiger partial charge on any atom is 0.151 e. The number of nitrogens with zero attached hydrogens (tertiary/aromatic N) is 3. The number of nitrogens with one attached hydrogen (secondary N) is 1. The summed E-state index contributed by atoms with van der Waals surface area (Å²) < 4.78 is 5.33. The largest absolute Gasteiger partial charge is 0.467 e. The van der Waals surface area contributed by atoms with E-state index in [9.17, 15) is 0 Å². The summed E-state index contributed by atoms with van der Waals surface area (Å²) in [6.07, 6.45) is 1.68. The van der Waals surface area contributed by atoms with Crippen LogP contribution >= 0.6 is 0 Å². The normalized spacial score (nSPS) is 11.0. The predicted molar refractivity (Wildman–Crippen MR) is 79.4 cm³/mol. The zero-order valence-electron chi connectivity index (χ0n) is 12.3. The van der Waals surface area contributed by atoms with Crippen molar-refractivity contribution >= 4 is 5.82 Å². The molecule has 0 unspecified atom stereocenters. The monoisotopic (exact) mass is 274 g/mol. The summed E-state index contributed by atoms with van der Waals surface area (Å²) in [6.45, 7) is 6.80. The average Bonchev–Trinajstić information content (AvgIpc) is 2.92. The Balaban J connectivity index is 1.87. The molecule has 0 aromatic carbocycles. The Hall–Kier alpha value is -1.88. The fourth-order valence-corrected chi connectivity index (χ4v) is 1.86. The van der Waals surface area contributed by atoms with Crippen molar-refractivity contribution in [2.45, 2.75) is 26.9 Å². The van der Waals surface area contributed by atoms with Crippen molar-refractivity contribution < 1.29 is 4.42 Å². The lowest BCUT2D eigenvalue weighted by Gasteiger charge is -2.16. The van der Waals surface area contributed by atoms with Crippen molar-refractivity contribution in [1.82, 2.24) is 15.5 Å². The first-order chi connectivity index (χ1) is 9.65. The van der Waals surface area contributed by atoms with Crippen LogP contribution in [0.3, 0.4) is 0 Å². The number of rotatable bonds is 7. The van der Waals surface area contributed by atoms with E-state index in [1.165, 1.54) is 0 Å². The minimum Gasteiger partial charge on any atom is -0.467 e. The number of hydrogen-bond donors (Lipinski definition) is 1. The molecule has 0 atom stereocenters. The van der Waals surface area contributed by atoms with Crippen LogP contribution in [-0.2, 0) is 13.1 Å². The van der Waals surface area contributed by atoms with E-state index < -0.39 is 0 Å². The van der Waals surface area contributed by atoms with Crippen LogP contribution in [-0.4, -0.2) is 23.8 Å². The summed E-state index contributed by atoms with van der Waals surface area (Å²) in [5.74, 6) is 2.40. The Morgan fingerprint density at radius 3 is 2.70 bits per heavy atom. The Morgan fingerprint density at radius 2 is 2.10 bits per heavy atom. The summed E-state index contributed by atoms with van der Waals surface area (Å²) in [4.78, 5) is 2.01. The third-order valence-electron chi connectivity index (χ3n) is 2.93. The number of furan rings is 1. The van der Waals surface area contributed by atoms with Crippen molar-refractivity contribution in [1.29, 1.82) is 0 Å². The highest BCUT2D eigenvalue weighted by atomic mass is 16.3. The summed E-state index contributed by atoms with van der Waals surface area (Å²) in [5, 5.41) is 11.8. The van der Waals surface area contributed by atoms with Crippen molar-refractivity contribution in [2.75, 3.05) is 18.5 Å². The molecule has 0 saturated heterocycles. The van der Waals surface area contributed by atoms with Gasteiger partial charge >= 0.3 is 0 Å². The van der Waals surface area contributed by atoms with Gasteiger partial charge < -0.3 is 14.6 Å². The fraction of sp³-hybridized carbons (Fsp3) is 0.467. The molecule has 2 aromatic heterocycles. The quantitative estimate of drug-likeness (QED) is 0.840. The van der Waals surface area contributed by atoms with Crippen LogP contribution in [0.2, 0.25) is 0 Å². The standard InChI is InChI=1S/C15H22N4O/c1-12(2)9-16-10-13-6-7-15(18-17-13)19(3)11-14-5-4-8-20-14/h4-8,12,16H,9-11H2,1-3H3. The molecule has 0 aliphatic heterocycles. The second-order valence-electron chi connectivity index (χ2n) is 5.34. The molecule has 20 heavy (non-hydrogen) atoms. The van der Waals surface area contributed by atoms with Gasteiger partial charge in [0.1, 0.15) is 5.76 Å². The first-order valence-corrected chi connectivity index (χ1v) is 6.92. The first kappa shape index (κ1) is 14.5. The van der Waals surface area contributed by atoms with Gasteiger partial charge in [-0.1, -0.05) is 13.8 Å². The van der Waals surface area contributed by atoms with Gasteiger partial charge in [-0.05, 0) is 36.7 Å². The van der Waals surface area contributed by atoms with Gasteiger partial charge in [-0.3, -0.25) is 0 Å². The van der Waals surface area contributed by atoms with Crippen molar-refractivity contribution in [3.63, 3.8) is 0 Å². The lowest BCUT2D eigenvalue weighted by Crippen LogP contribution is -2.21. The topological polar surface area (TPSA) is 54.2 Å². The fourth-order valence-electron chi connectivity index (χ4n) is 1.86. The molecule has 0 fully saturated rings. The van der Waals surface area contributed by atoms with Crippen molar-refractivity contribution in [2.24, 2.45) is 5.92 Å². The Kier molecular flexibility index (Phi) is 5.12. The summed E-state index contributed by atoms with van der Waals surface area (Å²) >= 11 is 0. The Labute approximate surface area is 120 Å². The van der Waals surface area contributed by atoms with Gasteiger partial charge in [0.25, 0.3) is 0 Å². The van der Waals surface area contributed by atoms with Crippen LogP contribution in [0.15, 0.2) is 34.9 Å². The zero-order valence-corrected chi connectivity index (χ0v) is 12.3. The van der Waals surface area contributed by atoms with E-state index in [-0.39, 0.29) is 0 Å². The highest BCUT2D eigenvalue weighted by Gasteiger charge is 2.06. The van der Waals surface area contributed by atoms with Gasteiger partial charge in [-0.25, -0.2) is 0 Å². The first-order valence-electron chi connectivity index (χ1n) is 6.92. The molecule has 0 amide bonds. The van der Waals surface area contributed by atoms with Crippen LogP contribution in [0.5, 0.6) is 0 Å². The summed E-state index contributed by atoms with van der Waals surface area (Å²) in [5.41, 5.74) is 0.959. The van der Waals surface area contributed by atoms with Crippen LogP contribution in [0.4, 0.5) is 5.82 Å². The highest BCUT2D eigenvalue weighted by Crippen LogP contribution is 2.12. The molecule has 0 aliphatic carbocycles. The van der Waals surface area contributed by atoms with E-state index >= 15 is 0 Å². The van der Waals surface area contributed by atoms with Crippen LogP contribution in [0.25, 0.3) is 0 Å². The molecule has 0 radical (unpaired) electrons. The third kappa shape index (κ3) is 4.35. The zero-order chi connectivity index (χ0) is 14.4. The molecule has 2 aromatic rings. The average molecular weight is 274 g/mol. The third-order valence-corrected chi connectivity index (χ3v) is 2.93. The molecule has 1 N–H and O–H groups in total. The van der Waals surface area contributed by atoms with E-state index in [1.54, 1.807) is 6.26 Å². The van der Waals surface area contributed by atoms with Gasteiger partial charge in [0, 0.05) is 13.6 Å². The molecule has 0 bridgehead atoms. The summed E-state index contributed by atoms with van der Waals surface area (Å²) in [6, 6.07) is 7.84. The van der Waals surface area contributed by atoms with E-state index in [0.29, 0.717) is 12.5 Å². The maximum atomic E-state index is 5.33. The number of aromatic nitrogens is 2. The molecule has 2 heterocycles. The minimum absolute atomic E-state index is 0.640. The van der Waals surface area contributed by atoms with Gasteiger partial charge in [-0.15, -0.1) is 5.10 Å². The summed E-state index contributed by atoms with van der Waals surface area (Å²) in [7, 11) is 1.98. The molecule has 0 aliphatic rings. The van der Waals surface area contributed by atoms with E-state index in [1.807, 2.05) is 36.2 Å². The molecular formula is C15H22N4O. The molecule has 5 heteroatoms. The highest BCUT2D eigenvalue weighted by molar-refractivity contribution is 5.36. The second-order valence-corrected chi connectivity index (χ2v) is 5.34. The molecule has 0 spiro atoms. The predicted octanol–water partition coefficient (Wildman–Crippen LogP) is 2.45. The van der Waals surface area contributed by atoms with Crippen molar-refractivity contribution in [3.05, 3.63) is 42.0 Å². The Morgan fingerprint density at radius 1 is 1.25 bits per heavy atom. The van der Waals surface area contributed by atoms with E-state index in [0.717, 1.165) is 30.4 Å². The van der Waals surface area contributed by atoms with Crippen LogP contribution in [0.1, 0.15) is 25.3 Å². The van der Waals surface area contributed by atoms with Crippen LogP contribution in [0, 0.1) is 5.92 Å². The Bertz CT molecular complexity index is 493. The SMILES string of the molecule is CC(C)CNCc1ccc(N(C)Cc2ccco2)nn1. The van der Waals surface area contributed by atoms with E-state index in [2.05, 4.69) is 29.4 Å².